The first-order valence-corrected chi connectivity index (χ1v) is 7.79. The summed E-state index contributed by atoms with van der Waals surface area (Å²) in [5, 5.41) is 4.12. The summed E-state index contributed by atoms with van der Waals surface area (Å²) in [6.07, 6.45) is 3.62. The molecule has 112 valence electrons. The number of nitrogens with zero attached hydrogens (tertiary/aromatic N) is 2. The molecule has 0 bridgehead atoms. The number of hydrogen-bond donors (Lipinski definition) is 2. The summed E-state index contributed by atoms with van der Waals surface area (Å²) in [4.78, 5) is 16.5. The molecule has 1 heterocycles. The van der Waals surface area contributed by atoms with E-state index in [0.717, 1.165) is 10.7 Å². The van der Waals surface area contributed by atoms with Gasteiger partial charge in [-0.3, -0.25) is 10.1 Å². The third-order valence-electron chi connectivity index (χ3n) is 3.36. The Morgan fingerprint density at radius 1 is 1.43 bits per heavy atom. The zero-order valence-corrected chi connectivity index (χ0v) is 13.1. The van der Waals surface area contributed by atoms with E-state index in [2.05, 4.69) is 10.3 Å². The Morgan fingerprint density at radius 3 is 2.67 bits per heavy atom. The van der Waals surface area contributed by atoms with E-state index in [-0.39, 0.29) is 5.91 Å². The fourth-order valence-corrected chi connectivity index (χ4v) is 3.38. The maximum atomic E-state index is 12.2. The van der Waals surface area contributed by atoms with Gasteiger partial charge in [-0.1, -0.05) is 49.0 Å². The van der Waals surface area contributed by atoms with E-state index < -0.39 is 5.54 Å². The monoisotopic (exact) mass is 304 g/mol. The zero-order valence-electron chi connectivity index (χ0n) is 12.2. The predicted molar refractivity (Wildman–Crippen MR) is 84.9 cm³/mol. The van der Waals surface area contributed by atoms with Crippen LogP contribution in [-0.4, -0.2) is 27.8 Å². The normalized spacial score (nSPS) is 13.8. The number of aromatic nitrogens is 2. The van der Waals surface area contributed by atoms with Crippen LogP contribution in [0.5, 0.6) is 0 Å². The molecule has 0 saturated carbocycles. The smallest absolute Gasteiger partial charge is 0.243 e. The summed E-state index contributed by atoms with van der Waals surface area (Å²) in [5.74, 6) is 0.114. The topological polar surface area (TPSA) is 72.9 Å². The van der Waals surface area contributed by atoms with Crippen LogP contribution in [0, 0.1) is 0 Å². The summed E-state index contributed by atoms with van der Waals surface area (Å²) >= 11 is 1.51. The van der Waals surface area contributed by atoms with Crippen LogP contribution in [0.1, 0.15) is 12.5 Å². The van der Waals surface area contributed by atoms with Gasteiger partial charge >= 0.3 is 0 Å². The Kier molecular flexibility index (Phi) is 5.03. The van der Waals surface area contributed by atoms with Crippen molar-refractivity contribution in [2.45, 2.75) is 17.6 Å². The van der Waals surface area contributed by atoms with Gasteiger partial charge in [-0.2, -0.15) is 0 Å². The SMILES string of the molecule is CCNC(CSc1nccn1C)(C(N)=O)c1ccccc1. The highest BCUT2D eigenvalue weighted by Crippen LogP contribution is 2.29. The molecule has 0 radical (unpaired) electrons. The third-order valence-corrected chi connectivity index (χ3v) is 4.59. The summed E-state index contributed by atoms with van der Waals surface area (Å²) in [6.45, 7) is 2.62. The number of primary amides is 1. The van der Waals surface area contributed by atoms with Crippen LogP contribution in [0.3, 0.4) is 0 Å². The summed E-state index contributed by atoms with van der Waals surface area (Å²) in [6, 6.07) is 9.59. The van der Waals surface area contributed by atoms with Gasteiger partial charge in [0.15, 0.2) is 5.16 Å². The van der Waals surface area contributed by atoms with Crippen molar-refractivity contribution >= 4 is 17.7 Å². The molecule has 3 N–H and O–H groups in total. The molecule has 5 nitrogen and oxygen atoms in total. The molecule has 2 rings (SSSR count). The van der Waals surface area contributed by atoms with E-state index in [1.165, 1.54) is 11.8 Å². The Hall–Kier alpha value is -1.79. The van der Waals surface area contributed by atoms with Gasteiger partial charge in [0.05, 0.1) is 0 Å². The molecule has 0 saturated heterocycles. The van der Waals surface area contributed by atoms with Crippen LogP contribution in [0.2, 0.25) is 0 Å². The molecule has 0 aliphatic heterocycles. The number of amides is 1. The van der Waals surface area contributed by atoms with Gasteiger partial charge in [0.2, 0.25) is 5.91 Å². The zero-order chi connectivity index (χ0) is 15.3. The lowest BCUT2D eigenvalue weighted by atomic mass is 9.91. The molecular formula is C15H20N4OS. The van der Waals surface area contributed by atoms with Crippen molar-refractivity contribution < 1.29 is 4.79 Å². The standard InChI is InChI=1S/C15H20N4OS/c1-3-18-15(13(16)20,12-7-5-4-6-8-12)11-21-14-17-9-10-19(14)2/h4-10,18H,3,11H2,1-2H3,(H2,16,20). The number of rotatable bonds is 7. The van der Waals surface area contributed by atoms with Gasteiger partial charge in [0, 0.05) is 25.2 Å². The number of hydrogen-bond acceptors (Lipinski definition) is 4. The molecule has 1 amide bonds. The van der Waals surface area contributed by atoms with Crippen molar-refractivity contribution in [1.82, 2.24) is 14.9 Å². The molecule has 1 aromatic heterocycles. The molecule has 1 unspecified atom stereocenters. The van der Waals surface area contributed by atoms with Crippen molar-refractivity contribution in [2.24, 2.45) is 12.8 Å². The molecule has 0 aliphatic carbocycles. The van der Waals surface area contributed by atoms with E-state index >= 15 is 0 Å². The van der Waals surface area contributed by atoms with Gasteiger partial charge < -0.3 is 10.3 Å². The fraction of sp³-hybridized carbons (Fsp3) is 0.333. The fourth-order valence-electron chi connectivity index (χ4n) is 2.23. The molecule has 0 aliphatic rings. The van der Waals surface area contributed by atoms with Gasteiger partial charge in [-0.15, -0.1) is 0 Å². The maximum Gasteiger partial charge on any atom is 0.243 e. The van der Waals surface area contributed by atoms with Crippen LogP contribution in [0.25, 0.3) is 0 Å². The Balaban J connectivity index is 2.31. The number of thioether (sulfide) groups is 1. The summed E-state index contributed by atoms with van der Waals surface area (Å²) in [5.41, 5.74) is 5.71. The quantitative estimate of drug-likeness (QED) is 0.760. The second-order valence-corrected chi connectivity index (χ2v) is 5.72. The Bertz CT molecular complexity index is 599. The average Bonchev–Trinajstić information content (AvgIpc) is 2.89. The van der Waals surface area contributed by atoms with Gasteiger partial charge in [-0.05, 0) is 12.1 Å². The van der Waals surface area contributed by atoms with E-state index in [1.54, 1.807) is 6.20 Å². The minimum atomic E-state index is -0.896. The van der Waals surface area contributed by atoms with Crippen molar-refractivity contribution in [3.05, 3.63) is 48.3 Å². The van der Waals surface area contributed by atoms with E-state index in [0.29, 0.717) is 12.3 Å². The number of imidazole rings is 1. The van der Waals surface area contributed by atoms with Crippen molar-refractivity contribution in [3.8, 4) is 0 Å². The lowest BCUT2D eigenvalue weighted by Crippen LogP contribution is -2.54. The number of carbonyl (C=O) groups excluding carboxylic acids is 1. The Morgan fingerprint density at radius 2 is 2.14 bits per heavy atom. The highest BCUT2D eigenvalue weighted by Gasteiger charge is 2.38. The molecule has 21 heavy (non-hydrogen) atoms. The molecular weight excluding hydrogens is 284 g/mol. The van der Waals surface area contributed by atoms with Crippen molar-refractivity contribution in [3.63, 3.8) is 0 Å². The minimum Gasteiger partial charge on any atom is -0.368 e. The van der Waals surface area contributed by atoms with E-state index in [4.69, 9.17) is 5.73 Å². The molecule has 0 fully saturated rings. The van der Waals surface area contributed by atoms with Gasteiger partial charge in [0.1, 0.15) is 5.54 Å². The number of nitrogens with one attached hydrogen (secondary N) is 1. The Labute approximate surface area is 128 Å². The van der Waals surface area contributed by atoms with E-state index in [9.17, 15) is 4.79 Å². The van der Waals surface area contributed by atoms with Crippen LogP contribution in [-0.2, 0) is 17.4 Å². The summed E-state index contributed by atoms with van der Waals surface area (Å²) in [7, 11) is 1.93. The van der Waals surface area contributed by atoms with Crippen LogP contribution in [0.15, 0.2) is 47.9 Å². The first-order valence-electron chi connectivity index (χ1n) is 6.80. The number of benzene rings is 1. The second-order valence-electron chi connectivity index (χ2n) is 4.78. The number of carbonyl (C=O) groups is 1. The number of nitrogens with two attached hydrogens (primary N) is 1. The third kappa shape index (κ3) is 3.28. The van der Waals surface area contributed by atoms with Crippen molar-refractivity contribution in [1.29, 1.82) is 0 Å². The highest BCUT2D eigenvalue weighted by molar-refractivity contribution is 7.99. The second kappa shape index (κ2) is 6.78. The molecule has 1 atom stereocenters. The largest absolute Gasteiger partial charge is 0.368 e. The highest BCUT2D eigenvalue weighted by atomic mass is 32.2. The van der Waals surface area contributed by atoms with Gasteiger partial charge in [-0.25, -0.2) is 4.98 Å². The summed E-state index contributed by atoms with van der Waals surface area (Å²) < 4.78 is 1.92. The minimum absolute atomic E-state index is 0.378. The van der Waals surface area contributed by atoms with Crippen LogP contribution in [0.4, 0.5) is 0 Å². The average molecular weight is 304 g/mol. The van der Waals surface area contributed by atoms with E-state index in [1.807, 2.05) is 55.1 Å². The van der Waals surface area contributed by atoms with Crippen molar-refractivity contribution in [2.75, 3.05) is 12.3 Å². The first-order chi connectivity index (χ1) is 10.1. The first kappa shape index (κ1) is 15.6. The number of aryl methyl sites for hydroxylation is 1. The maximum absolute atomic E-state index is 12.2. The number of likely N-dealkylation sites (N-methyl/N-ethyl adjacent to an activating group) is 1. The molecule has 6 heteroatoms. The molecule has 0 spiro atoms. The lowest BCUT2D eigenvalue weighted by Gasteiger charge is -2.31. The van der Waals surface area contributed by atoms with Gasteiger partial charge in [0.25, 0.3) is 0 Å². The van der Waals surface area contributed by atoms with Crippen LogP contribution < -0.4 is 11.1 Å². The van der Waals surface area contributed by atoms with Crippen LogP contribution >= 0.6 is 11.8 Å². The predicted octanol–water partition coefficient (Wildman–Crippen LogP) is 1.50. The molecule has 2 aromatic rings. The molecule has 1 aromatic carbocycles. The lowest BCUT2D eigenvalue weighted by molar-refractivity contribution is -0.123.